The van der Waals surface area contributed by atoms with Crippen molar-refractivity contribution >= 4 is 25.2 Å². The summed E-state index contributed by atoms with van der Waals surface area (Å²) in [5.74, 6) is 1.73. The van der Waals surface area contributed by atoms with Crippen molar-refractivity contribution in [3.8, 4) is 0 Å². The normalized spacial score (nSPS) is 40.6. The van der Waals surface area contributed by atoms with Crippen LogP contribution in [0.1, 0.15) is 98.6 Å². The fourth-order valence-corrected chi connectivity index (χ4v) is 10.2. The molecule has 8 aliphatic rings. The number of hydrogen-bond acceptors (Lipinski definition) is 4. The molecule has 5 bridgehead atoms. The molecule has 6 heteroatoms. The molecule has 0 radical (unpaired) electrons. The molecule has 5 unspecified atom stereocenters. The van der Waals surface area contributed by atoms with E-state index in [4.69, 9.17) is 18.6 Å². The van der Waals surface area contributed by atoms with Gasteiger partial charge in [0, 0.05) is 5.41 Å². The zero-order chi connectivity index (χ0) is 28.1. The van der Waals surface area contributed by atoms with Gasteiger partial charge in [-0.25, -0.2) is 0 Å². The van der Waals surface area contributed by atoms with E-state index >= 15 is 0 Å². The van der Waals surface area contributed by atoms with Crippen LogP contribution in [-0.2, 0) is 29.4 Å². The van der Waals surface area contributed by atoms with Crippen LogP contribution < -0.4 is 10.9 Å². The van der Waals surface area contributed by atoms with Gasteiger partial charge in [0.05, 0.1) is 22.4 Å². The van der Waals surface area contributed by atoms with Crippen LogP contribution in [0, 0.1) is 17.3 Å². The van der Waals surface area contributed by atoms with E-state index in [1.807, 2.05) is 0 Å². The maximum Gasteiger partial charge on any atom is 0.494 e. The average Bonchev–Trinajstić information content (AvgIpc) is 3.22. The van der Waals surface area contributed by atoms with Crippen molar-refractivity contribution < 1.29 is 18.6 Å². The van der Waals surface area contributed by atoms with Crippen molar-refractivity contribution in [2.45, 2.75) is 121 Å². The Kier molecular flexibility index (Phi) is 4.88. The highest BCUT2D eigenvalue weighted by Crippen LogP contribution is 2.87. The summed E-state index contributed by atoms with van der Waals surface area (Å²) in [7, 11) is -0.595. The monoisotopic (exact) mass is 538 g/mol. The summed E-state index contributed by atoms with van der Waals surface area (Å²) in [6.07, 6.45) is 6.80. The highest BCUT2D eigenvalue weighted by atomic mass is 16.7. The Hall–Kier alpha value is -1.59. The second-order valence-corrected chi connectivity index (χ2v) is 16.4. The lowest BCUT2D eigenvalue weighted by molar-refractivity contribution is -0.305. The summed E-state index contributed by atoms with van der Waals surface area (Å²) in [6, 6.07) is 18.7. The van der Waals surface area contributed by atoms with Crippen LogP contribution in [0.4, 0.5) is 0 Å². The van der Waals surface area contributed by atoms with Gasteiger partial charge in [-0.1, -0.05) is 48.5 Å². The quantitative estimate of drug-likeness (QED) is 0.470. The Labute approximate surface area is 241 Å². The Balaban J connectivity index is 1.06. The van der Waals surface area contributed by atoms with Crippen molar-refractivity contribution in [2.24, 2.45) is 17.3 Å². The van der Waals surface area contributed by atoms with E-state index in [9.17, 15) is 0 Å². The number of hydrogen-bond donors (Lipinski definition) is 0. The Morgan fingerprint density at radius 1 is 0.550 bits per heavy atom. The lowest BCUT2D eigenvalue weighted by Crippen LogP contribution is -2.80. The molecule has 6 aliphatic carbocycles. The molecule has 0 N–H and O–H groups in total. The molecular weight excluding hydrogens is 494 g/mol. The fraction of sp³-hybridized carbons (Fsp3) is 0.647. The molecule has 2 aliphatic heterocycles. The van der Waals surface area contributed by atoms with Gasteiger partial charge in [0.15, 0.2) is 0 Å². The smallest absolute Gasteiger partial charge is 0.399 e. The van der Waals surface area contributed by atoms with E-state index in [1.165, 1.54) is 43.2 Å². The van der Waals surface area contributed by atoms with Gasteiger partial charge < -0.3 is 18.6 Å². The summed E-state index contributed by atoms with van der Waals surface area (Å²) in [6.45, 7) is 17.0. The van der Waals surface area contributed by atoms with Gasteiger partial charge in [0.2, 0.25) is 0 Å². The first-order chi connectivity index (χ1) is 18.6. The van der Waals surface area contributed by atoms with E-state index in [-0.39, 0.29) is 42.1 Å². The third-order valence-corrected chi connectivity index (χ3v) is 13.1. The molecule has 10 rings (SSSR count). The summed E-state index contributed by atoms with van der Waals surface area (Å²) in [5, 5.41) is 0. The summed E-state index contributed by atoms with van der Waals surface area (Å²) in [4.78, 5) is 0. The highest BCUT2D eigenvalue weighted by molar-refractivity contribution is 6.62. The van der Waals surface area contributed by atoms with Gasteiger partial charge in [-0.3, -0.25) is 0 Å². The zero-order valence-electron chi connectivity index (χ0n) is 25.6. The molecule has 6 saturated carbocycles. The molecule has 1 spiro atoms. The van der Waals surface area contributed by atoms with Crippen molar-refractivity contribution in [1.29, 1.82) is 0 Å². The van der Waals surface area contributed by atoms with Crippen LogP contribution in [0.25, 0.3) is 0 Å². The van der Waals surface area contributed by atoms with Crippen LogP contribution in [0.2, 0.25) is 0 Å². The molecule has 2 heterocycles. The molecule has 40 heavy (non-hydrogen) atoms. The molecule has 5 atom stereocenters. The predicted molar refractivity (Wildman–Crippen MR) is 160 cm³/mol. The van der Waals surface area contributed by atoms with E-state index in [1.54, 1.807) is 0 Å². The van der Waals surface area contributed by atoms with Gasteiger partial charge in [-0.2, -0.15) is 0 Å². The Bertz CT molecular complexity index is 1270. The van der Waals surface area contributed by atoms with Crippen molar-refractivity contribution in [3.05, 3.63) is 59.7 Å². The maximum absolute atomic E-state index is 6.35. The largest absolute Gasteiger partial charge is 0.494 e. The zero-order valence-corrected chi connectivity index (χ0v) is 25.6. The topological polar surface area (TPSA) is 36.9 Å². The van der Waals surface area contributed by atoms with Gasteiger partial charge in [-0.15, -0.1) is 0 Å². The molecule has 4 nitrogen and oxygen atoms in total. The minimum absolute atomic E-state index is 0.286. The average molecular weight is 538 g/mol. The van der Waals surface area contributed by atoms with Crippen LogP contribution >= 0.6 is 0 Å². The van der Waals surface area contributed by atoms with Crippen LogP contribution in [-0.4, -0.2) is 36.6 Å². The standard InChI is InChI=1S/C34H44B2O4/c1-28(2)29(3,4)38-35(37-28)25-13-9-23(10-14-25)32-17-22-18-33(19-32)21-34(20-32,27(22)33)24-11-15-26(16-12-24)36-39-30(5,6)31(7,8)40-36/h9-16,22,27H,17-21H2,1-8H3. The third-order valence-electron chi connectivity index (χ3n) is 13.1. The molecule has 2 aromatic rings. The Morgan fingerprint density at radius 3 is 1.45 bits per heavy atom. The fourth-order valence-electron chi connectivity index (χ4n) is 10.2. The first-order valence-corrected chi connectivity index (χ1v) is 15.5. The van der Waals surface area contributed by atoms with E-state index in [0.29, 0.717) is 10.8 Å². The van der Waals surface area contributed by atoms with Crippen molar-refractivity contribution in [1.82, 2.24) is 0 Å². The molecule has 0 amide bonds. The van der Waals surface area contributed by atoms with Crippen LogP contribution in [0.5, 0.6) is 0 Å². The van der Waals surface area contributed by atoms with Crippen LogP contribution in [0.3, 0.4) is 0 Å². The van der Waals surface area contributed by atoms with Crippen LogP contribution in [0.15, 0.2) is 48.5 Å². The first-order valence-electron chi connectivity index (χ1n) is 15.5. The number of benzene rings is 2. The minimum Gasteiger partial charge on any atom is -0.399 e. The summed E-state index contributed by atoms with van der Waals surface area (Å²) in [5.41, 5.74) is 5.23. The molecule has 2 saturated heterocycles. The molecule has 8 fully saturated rings. The van der Waals surface area contributed by atoms with Crippen molar-refractivity contribution in [3.63, 3.8) is 0 Å². The van der Waals surface area contributed by atoms with E-state index < -0.39 is 0 Å². The summed E-state index contributed by atoms with van der Waals surface area (Å²) < 4.78 is 25.4. The van der Waals surface area contributed by atoms with Gasteiger partial charge in [-0.05, 0) is 132 Å². The lowest BCUT2D eigenvalue weighted by Gasteiger charge is -2.85. The third kappa shape index (κ3) is 3.15. The first kappa shape index (κ1) is 26.1. The molecule has 210 valence electrons. The number of rotatable bonds is 4. The van der Waals surface area contributed by atoms with Gasteiger partial charge in [0.25, 0.3) is 0 Å². The second-order valence-electron chi connectivity index (χ2n) is 16.4. The van der Waals surface area contributed by atoms with E-state index in [2.05, 4.69) is 104 Å². The molecule has 0 aromatic heterocycles. The van der Waals surface area contributed by atoms with E-state index in [0.717, 1.165) is 22.8 Å². The second kappa shape index (κ2) is 7.48. The maximum atomic E-state index is 6.35. The lowest BCUT2D eigenvalue weighted by atomic mass is 9.19. The Morgan fingerprint density at radius 2 is 1.00 bits per heavy atom. The van der Waals surface area contributed by atoms with Gasteiger partial charge in [0.1, 0.15) is 0 Å². The van der Waals surface area contributed by atoms with Gasteiger partial charge >= 0.3 is 14.2 Å². The minimum atomic E-state index is -0.317. The molecule has 2 aromatic carbocycles. The predicted octanol–water partition coefficient (Wildman–Crippen LogP) is 5.68. The highest BCUT2D eigenvalue weighted by Gasteiger charge is 2.81. The molecular formula is C34H44B2O4. The SMILES string of the molecule is CC1(C)OB(c2ccc(C34CC5CC6(C3)CC(c3ccc(B7OC(C)(C)C(C)(C)O7)cc3)(C4)C56)cc2)OC1(C)C. The summed E-state index contributed by atoms with van der Waals surface area (Å²) >= 11 is 0. The van der Waals surface area contributed by atoms with Crippen molar-refractivity contribution in [2.75, 3.05) is 0 Å².